The lowest BCUT2D eigenvalue weighted by molar-refractivity contribution is -0.919. The van der Waals surface area contributed by atoms with Gasteiger partial charge in [-0.05, 0) is 30.9 Å². The first-order valence-electron chi connectivity index (χ1n) is 10.1. The van der Waals surface area contributed by atoms with Crippen LogP contribution in [0.3, 0.4) is 0 Å². The molecule has 150 valence electrons. The van der Waals surface area contributed by atoms with E-state index in [1.807, 2.05) is 12.1 Å². The number of carbonyl (C=O) groups excluding carboxylic acids is 1. The third kappa shape index (κ3) is 4.67. The molecule has 2 N–H and O–H groups in total. The number of benzene rings is 1. The second kappa shape index (κ2) is 8.83. The summed E-state index contributed by atoms with van der Waals surface area (Å²) in [5, 5.41) is 10.1. The Hall–Kier alpha value is -1.95. The Balaban J connectivity index is 1.56. The maximum absolute atomic E-state index is 12.8. The number of carbonyl (C=O) groups is 1. The van der Waals surface area contributed by atoms with Gasteiger partial charge >= 0.3 is 0 Å². The van der Waals surface area contributed by atoms with Crippen LogP contribution in [-0.4, -0.2) is 56.3 Å². The summed E-state index contributed by atoms with van der Waals surface area (Å²) in [7, 11) is 3.09. The van der Waals surface area contributed by atoms with E-state index < -0.39 is 0 Å². The van der Waals surface area contributed by atoms with Gasteiger partial charge in [0, 0.05) is 37.4 Å². The van der Waals surface area contributed by atoms with Gasteiger partial charge in [0.2, 0.25) is 11.7 Å². The minimum atomic E-state index is 0.0406. The summed E-state index contributed by atoms with van der Waals surface area (Å²) in [6.07, 6.45) is 4.28. The molecule has 0 aliphatic carbocycles. The zero-order chi connectivity index (χ0) is 19.4. The highest BCUT2D eigenvalue weighted by atomic mass is 16.5. The summed E-state index contributed by atoms with van der Waals surface area (Å²) in [5.41, 5.74) is 1.08. The molecule has 0 unspecified atom stereocenters. The molecule has 0 aromatic heterocycles. The predicted molar refractivity (Wildman–Crippen MR) is 103 cm³/mol. The van der Waals surface area contributed by atoms with Crippen molar-refractivity contribution in [2.45, 2.75) is 39.2 Å². The standard InChI is InChI=1S/C21H32N2O4/c1-15-5-4-8-23(13-15)21(25)17-6-9-22(10-7-17)14-16-11-18(26-2)20(24)19(12-16)27-3/h11-12,15,17,24H,4-10,13-14H2,1-3H3/p+1/t15-/m1/s1. The van der Waals surface area contributed by atoms with Crippen molar-refractivity contribution < 1.29 is 24.3 Å². The Morgan fingerprint density at radius 3 is 2.37 bits per heavy atom. The Labute approximate surface area is 162 Å². The summed E-state index contributed by atoms with van der Waals surface area (Å²) >= 11 is 0. The fourth-order valence-electron chi connectivity index (χ4n) is 4.44. The van der Waals surface area contributed by atoms with Gasteiger partial charge in [-0.25, -0.2) is 0 Å². The molecule has 6 nitrogen and oxygen atoms in total. The van der Waals surface area contributed by atoms with Crippen LogP contribution in [0.15, 0.2) is 12.1 Å². The molecular weight excluding hydrogens is 344 g/mol. The average Bonchev–Trinajstić information content (AvgIpc) is 2.69. The monoisotopic (exact) mass is 377 g/mol. The smallest absolute Gasteiger partial charge is 0.226 e. The second-order valence-corrected chi connectivity index (χ2v) is 8.08. The first-order valence-corrected chi connectivity index (χ1v) is 10.1. The molecule has 2 aliphatic rings. The highest BCUT2D eigenvalue weighted by molar-refractivity contribution is 5.79. The van der Waals surface area contributed by atoms with Gasteiger partial charge in [0.05, 0.1) is 27.3 Å². The Morgan fingerprint density at radius 1 is 1.19 bits per heavy atom. The lowest BCUT2D eigenvalue weighted by Gasteiger charge is -2.36. The van der Waals surface area contributed by atoms with Gasteiger partial charge in [-0.1, -0.05) is 6.92 Å². The molecule has 0 radical (unpaired) electrons. The topological polar surface area (TPSA) is 63.4 Å². The minimum absolute atomic E-state index is 0.0406. The SMILES string of the molecule is COc1cc(C[NH+]2CCC(C(=O)N3CCC[C@@H](C)C3)CC2)cc(OC)c1O. The number of phenols is 1. The van der Waals surface area contributed by atoms with E-state index in [0.717, 1.165) is 57.5 Å². The number of nitrogens with one attached hydrogen (secondary N) is 1. The number of nitrogens with zero attached hydrogens (tertiary/aromatic N) is 1. The molecule has 2 aliphatic heterocycles. The molecule has 27 heavy (non-hydrogen) atoms. The van der Waals surface area contributed by atoms with E-state index >= 15 is 0 Å². The summed E-state index contributed by atoms with van der Waals surface area (Å²) < 4.78 is 10.5. The number of likely N-dealkylation sites (tertiary alicyclic amines) is 2. The Bertz CT molecular complexity index is 631. The number of hydrogen-bond acceptors (Lipinski definition) is 4. The van der Waals surface area contributed by atoms with Gasteiger partial charge in [0.1, 0.15) is 6.54 Å². The number of hydrogen-bond donors (Lipinski definition) is 2. The van der Waals surface area contributed by atoms with Crippen LogP contribution in [0, 0.1) is 11.8 Å². The van der Waals surface area contributed by atoms with Gasteiger partial charge < -0.3 is 24.4 Å². The predicted octanol–water partition coefficient (Wildman–Crippen LogP) is 1.46. The molecule has 0 saturated carbocycles. The Kier molecular flexibility index (Phi) is 6.47. The lowest BCUT2D eigenvalue weighted by atomic mass is 9.92. The first kappa shape index (κ1) is 19.8. The fourth-order valence-corrected chi connectivity index (χ4v) is 4.44. The molecule has 3 rings (SSSR count). The molecule has 1 aromatic rings. The van der Waals surface area contributed by atoms with Crippen LogP contribution in [0.25, 0.3) is 0 Å². The number of amides is 1. The second-order valence-electron chi connectivity index (χ2n) is 8.08. The summed E-state index contributed by atoms with van der Waals surface area (Å²) in [6.45, 7) is 6.93. The van der Waals surface area contributed by atoms with Gasteiger partial charge in [0.25, 0.3) is 0 Å². The molecule has 2 saturated heterocycles. The van der Waals surface area contributed by atoms with Crippen molar-refractivity contribution in [3.05, 3.63) is 17.7 Å². The number of rotatable bonds is 5. The first-order chi connectivity index (χ1) is 13.0. The minimum Gasteiger partial charge on any atom is -0.502 e. The van der Waals surface area contributed by atoms with Crippen LogP contribution >= 0.6 is 0 Å². The third-order valence-electron chi connectivity index (χ3n) is 6.00. The van der Waals surface area contributed by atoms with Gasteiger partial charge in [0.15, 0.2) is 11.5 Å². The van der Waals surface area contributed by atoms with Crippen molar-refractivity contribution in [2.24, 2.45) is 11.8 Å². The van der Waals surface area contributed by atoms with Crippen LogP contribution in [-0.2, 0) is 11.3 Å². The van der Waals surface area contributed by atoms with Gasteiger partial charge in [-0.2, -0.15) is 0 Å². The zero-order valence-electron chi connectivity index (χ0n) is 16.8. The zero-order valence-corrected chi connectivity index (χ0v) is 16.8. The number of quaternary nitrogens is 1. The van der Waals surface area contributed by atoms with Crippen molar-refractivity contribution in [1.82, 2.24) is 4.90 Å². The molecule has 2 heterocycles. The van der Waals surface area contributed by atoms with E-state index in [1.54, 1.807) is 14.2 Å². The normalized spacial score (nSPS) is 25.9. The van der Waals surface area contributed by atoms with Crippen molar-refractivity contribution in [3.63, 3.8) is 0 Å². The number of ether oxygens (including phenoxy) is 2. The van der Waals surface area contributed by atoms with E-state index in [-0.39, 0.29) is 11.7 Å². The van der Waals surface area contributed by atoms with Crippen LogP contribution in [0.2, 0.25) is 0 Å². The molecular formula is C21H33N2O4+. The largest absolute Gasteiger partial charge is 0.502 e. The molecule has 6 heteroatoms. The fraction of sp³-hybridized carbons (Fsp3) is 0.667. The van der Waals surface area contributed by atoms with Crippen molar-refractivity contribution in [2.75, 3.05) is 40.4 Å². The van der Waals surface area contributed by atoms with Crippen LogP contribution in [0.5, 0.6) is 17.2 Å². The third-order valence-corrected chi connectivity index (χ3v) is 6.00. The van der Waals surface area contributed by atoms with E-state index in [2.05, 4.69) is 11.8 Å². The van der Waals surface area contributed by atoms with Crippen LogP contribution < -0.4 is 14.4 Å². The number of piperidine rings is 2. The summed E-state index contributed by atoms with van der Waals surface area (Å²) in [5.74, 6) is 2.10. The average molecular weight is 378 g/mol. The van der Waals surface area contributed by atoms with Crippen LogP contribution in [0.4, 0.5) is 0 Å². The lowest BCUT2D eigenvalue weighted by Crippen LogP contribution is -3.11. The van der Waals surface area contributed by atoms with Crippen molar-refractivity contribution in [1.29, 1.82) is 0 Å². The maximum atomic E-state index is 12.8. The van der Waals surface area contributed by atoms with Crippen molar-refractivity contribution in [3.8, 4) is 17.2 Å². The maximum Gasteiger partial charge on any atom is 0.226 e. The highest BCUT2D eigenvalue weighted by Crippen LogP contribution is 2.36. The summed E-state index contributed by atoms with van der Waals surface area (Å²) in [6, 6.07) is 3.74. The van der Waals surface area contributed by atoms with Crippen molar-refractivity contribution >= 4 is 5.91 Å². The Morgan fingerprint density at radius 2 is 1.81 bits per heavy atom. The van der Waals surface area contributed by atoms with E-state index in [1.165, 1.54) is 11.3 Å². The molecule has 1 atom stereocenters. The number of aromatic hydroxyl groups is 1. The van der Waals surface area contributed by atoms with E-state index in [0.29, 0.717) is 23.3 Å². The molecule has 0 bridgehead atoms. The van der Waals surface area contributed by atoms with Gasteiger partial charge in [-0.15, -0.1) is 0 Å². The van der Waals surface area contributed by atoms with E-state index in [4.69, 9.17) is 9.47 Å². The highest BCUT2D eigenvalue weighted by Gasteiger charge is 2.32. The van der Waals surface area contributed by atoms with Gasteiger partial charge in [-0.3, -0.25) is 4.79 Å². The van der Waals surface area contributed by atoms with E-state index in [9.17, 15) is 9.90 Å². The summed E-state index contributed by atoms with van der Waals surface area (Å²) in [4.78, 5) is 16.4. The molecule has 0 spiro atoms. The molecule has 1 amide bonds. The number of methoxy groups -OCH3 is 2. The number of phenolic OH excluding ortho intramolecular Hbond substituents is 1. The molecule has 1 aromatic carbocycles. The van der Waals surface area contributed by atoms with Crippen LogP contribution in [0.1, 0.15) is 38.2 Å². The molecule has 2 fully saturated rings. The quantitative estimate of drug-likeness (QED) is 0.816.